The number of phenols is 1. The van der Waals surface area contributed by atoms with Crippen molar-refractivity contribution >= 4 is 21.8 Å². The Morgan fingerprint density at radius 3 is 2.70 bits per heavy atom. The van der Waals surface area contributed by atoms with Crippen LogP contribution < -0.4 is 14.3 Å². The van der Waals surface area contributed by atoms with Gasteiger partial charge >= 0.3 is 10.2 Å². The maximum Gasteiger partial charge on any atom is 0.326 e. The first-order valence-corrected chi connectivity index (χ1v) is 8.81. The smallest absolute Gasteiger partial charge is 0.326 e. The average Bonchev–Trinajstić information content (AvgIpc) is 2.63. The van der Waals surface area contributed by atoms with Gasteiger partial charge in [-0.15, -0.1) is 0 Å². The molecular formula is C14H18FN3O4S. The van der Waals surface area contributed by atoms with Gasteiger partial charge in [-0.1, -0.05) is 0 Å². The van der Waals surface area contributed by atoms with E-state index in [9.17, 15) is 22.7 Å². The van der Waals surface area contributed by atoms with Gasteiger partial charge in [-0.25, -0.2) is 13.4 Å². The van der Waals surface area contributed by atoms with E-state index >= 15 is 0 Å². The number of hydrogen-bond donors (Lipinski definition) is 3. The fourth-order valence-corrected chi connectivity index (χ4v) is 4.34. The molecule has 1 atom stereocenters. The summed E-state index contributed by atoms with van der Waals surface area (Å²) in [5, 5.41) is 13.3. The molecule has 3 rings (SSSR count). The number of hydrogen-bond acceptors (Lipinski definition) is 5. The van der Waals surface area contributed by atoms with Crippen LogP contribution in [-0.2, 0) is 27.8 Å². The predicted octanol–water partition coefficient (Wildman–Crippen LogP) is 0.179. The Labute approximate surface area is 133 Å². The van der Waals surface area contributed by atoms with Crippen LogP contribution in [0.3, 0.4) is 0 Å². The summed E-state index contributed by atoms with van der Waals surface area (Å²) < 4.78 is 41.1. The first kappa shape index (κ1) is 16.0. The third-order valence-electron chi connectivity index (χ3n) is 4.40. The van der Waals surface area contributed by atoms with E-state index in [1.54, 1.807) is 4.72 Å². The molecule has 2 aliphatic rings. The van der Waals surface area contributed by atoms with Gasteiger partial charge in [-0.2, -0.15) is 8.42 Å². The fourth-order valence-electron chi connectivity index (χ4n) is 3.17. The SMILES string of the molecule is CNC1CCc2cc(O)c(N3CC(=O)NS3(=O)=O)c(F)c2CC1. The minimum atomic E-state index is -4.16. The quantitative estimate of drug-likeness (QED) is 0.666. The summed E-state index contributed by atoms with van der Waals surface area (Å²) in [5.74, 6) is -1.99. The van der Waals surface area contributed by atoms with Gasteiger partial charge in [-0.05, 0) is 49.9 Å². The lowest BCUT2D eigenvalue weighted by molar-refractivity contribution is -0.117. The second kappa shape index (κ2) is 5.64. The van der Waals surface area contributed by atoms with Crippen molar-refractivity contribution in [2.45, 2.75) is 31.7 Å². The maximum absolute atomic E-state index is 14.9. The molecule has 0 spiro atoms. The minimum Gasteiger partial charge on any atom is -0.506 e. The number of amides is 1. The molecule has 1 aliphatic carbocycles. The van der Waals surface area contributed by atoms with E-state index < -0.39 is 39.9 Å². The van der Waals surface area contributed by atoms with Gasteiger partial charge in [0, 0.05) is 6.04 Å². The zero-order valence-electron chi connectivity index (χ0n) is 12.6. The van der Waals surface area contributed by atoms with Gasteiger partial charge < -0.3 is 10.4 Å². The number of aromatic hydroxyl groups is 1. The summed E-state index contributed by atoms with van der Waals surface area (Å²) in [7, 11) is -2.32. The van der Waals surface area contributed by atoms with Gasteiger partial charge in [0.15, 0.2) is 5.82 Å². The maximum atomic E-state index is 14.9. The van der Waals surface area contributed by atoms with Crippen LogP contribution in [0.15, 0.2) is 6.07 Å². The van der Waals surface area contributed by atoms with Crippen molar-refractivity contribution in [2.24, 2.45) is 0 Å². The number of phenolic OH excluding ortho intramolecular Hbond substituents is 1. The lowest BCUT2D eigenvalue weighted by Crippen LogP contribution is -2.30. The Hall–Kier alpha value is -1.87. The standard InChI is InChI=1S/C14H18FN3O4S/c1-16-9-3-2-8-6-11(19)14(13(15)10(8)5-4-9)18-7-12(20)17-23(18,21)22/h6,9,16,19H,2-5,7H2,1H3,(H,17,20). The van der Waals surface area contributed by atoms with E-state index in [0.29, 0.717) is 34.7 Å². The van der Waals surface area contributed by atoms with Crippen molar-refractivity contribution < 1.29 is 22.7 Å². The lowest BCUT2D eigenvalue weighted by Gasteiger charge is -2.20. The van der Waals surface area contributed by atoms with Crippen LogP contribution in [0.5, 0.6) is 5.75 Å². The van der Waals surface area contributed by atoms with Crippen molar-refractivity contribution in [3.63, 3.8) is 0 Å². The zero-order chi connectivity index (χ0) is 16.8. The Morgan fingerprint density at radius 2 is 2.09 bits per heavy atom. The molecule has 1 amide bonds. The number of aryl methyl sites for hydroxylation is 1. The largest absolute Gasteiger partial charge is 0.506 e. The van der Waals surface area contributed by atoms with E-state index in [1.165, 1.54) is 6.07 Å². The molecule has 7 nitrogen and oxygen atoms in total. The molecule has 23 heavy (non-hydrogen) atoms. The van der Waals surface area contributed by atoms with Crippen LogP contribution in [0.25, 0.3) is 0 Å². The molecule has 9 heteroatoms. The highest BCUT2D eigenvalue weighted by Crippen LogP contribution is 2.39. The number of carbonyl (C=O) groups is 1. The third kappa shape index (κ3) is 2.74. The summed E-state index contributed by atoms with van der Waals surface area (Å²) in [6.45, 7) is -0.537. The molecule has 1 aromatic carbocycles. The topological polar surface area (TPSA) is 98.7 Å². The van der Waals surface area contributed by atoms with Gasteiger partial charge in [0.2, 0.25) is 0 Å². The molecule has 3 N–H and O–H groups in total. The van der Waals surface area contributed by atoms with Gasteiger partial charge in [-0.3, -0.25) is 4.79 Å². The first-order valence-electron chi connectivity index (χ1n) is 7.37. The van der Waals surface area contributed by atoms with Crippen LogP contribution in [0, 0.1) is 5.82 Å². The monoisotopic (exact) mass is 343 g/mol. The zero-order valence-corrected chi connectivity index (χ0v) is 13.4. The van der Waals surface area contributed by atoms with E-state index in [1.807, 2.05) is 7.05 Å². The fraction of sp³-hybridized carbons (Fsp3) is 0.500. The van der Waals surface area contributed by atoms with Crippen LogP contribution in [0.1, 0.15) is 24.0 Å². The molecule has 0 bridgehead atoms. The predicted molar refractivity (Wildman–Crippen MR) is 82.0 cm³/mol. The molecule has 1 heterocycles. The third-order valence-corrected chi connectivity index (χ3v) is 5.77. The Kier molecular flexibility index (Phi) is 3.93. The summed E-state index contributed by atoms with van der Waals surface area (Å²) >= 11 is 0. The highest BCUT2D eigenvalue weighted by molar-refractivity contribution is 7.92. The number of nitrogens with zero attached hydrogens (tertiary/aromatic N) is 1. The highest BCUT2D eigenvalue weighted by atomic mass is 32.2. The van der Waals surface area contributed by atoms with Crippen molar-refractivity contribution in [3.05, 3.63) is 23.0 Å². The molecule has 1 saturated heterocycles. The van der Waals surface area contributed by atoms with E-state index in [-0.39, 0.29) is 6.04 Å². The number of rotatable bonds is 2. The molecule has 1 unspecified atom stereocenters. The van der Waals surface area contributed by atoms with Crippen molar-refractivity contribution in [1.29, 1.82) is 0 Å². The van der Waals surface area contributed by atoms with Gasteiger partial charge in [0.05, 0.1) is 0 Å². The van der Waals surface area contributed by atoms with Crippen LogP contribution >= 0.6 is 0 Å². The minimum absolute atomic E-state index is 0.242. The molecule has 1 fully saturated rings. The van der Waals surface area contributed by atoms with E-state index in [4.69, 9.17) is 0 Å². The molecule has 0 radical (unpaired) electrons. The Balaban J connectivity index is 2.08. The molecule has 0 saturated carbocycles. The van der Waals surface area contributed by atoms with Crippen molar-refractivity contribution in [3.8, 4) is 5.75 Å². The summed E-state index contributed by atoms with van der Waals surface area (Å²) in [6.07, 6.45) is 2.56. The summed E-state index contributed by atoms with van der Waals surface area (Å²) in [6, 6.07) is 1.65. The van der Waals surface area contributed by atoms with Crippen LogP contribution in [0.4, 0.5) is 10.1 Å². The number of anilines is 1. The average molecular weight is 343 g/mol. The molecular weight excluding hydrogens is 325 g/mol. The van der Waals surface area contributed by atoms with Crippen molar-refractivity contribution in [2.75, 3.05) is 17.9 Å². The number of nitrogens with one attached hydrogen (secondary N) is 2. The Morgan fingerprint density at radius 1 is 1.39 bits per heavy atom. The molecule has 1 aliphatic heterocycles. The van der Waals surface area contributed by atoms with Gasteiger partial charge in [0.25, 0.3) is 5.91 Å². The lowest BCUT2D eigenvalue weighted by atomic mass is 10.0. The number of halogens is 1. The number of fused-ring (bicyclic) bond motifs is 1. The van der Waals surface area contributed by atoms with E-state index in [0.717, 1.165) is 6.42 Å². The second-order valence-electron chi connectivity index (χ2n) is 5.80. The molecule has 1 aromatic rings. The van der Waals surface area contributed by atoms with Crippen molar-refractivity contribution in [1.82, 2.24) is 10.0 Å². The second-order valence-corrected chi connectivity index (χ2v) is 7.39. The van der Waals surface area contributed by atoms with E-state index in [2.05, 4.69) is 5.32 Å². The van der Waals surface area contributed by atoms with Crippen LogP contribution in [0.2, 0.25) is 0 Å². The number of carbonyl (C=O) groups excluding carboxylic acids is 1. The Bertz CT molecular complexity index is 766. The molecule has 126 valence electrons. The first-order chi connectivity index (χ1) is 10.8. The summed E-state index contributed by atoms with van der Waals surface area (Å²) in [4.78, 5) is 11.3. The number of benzene rings is 1. The van der Waals surface area contributed by atoms with Crippen LogP contribution in [-0.4, -0.2) is 39.1 Å². The van der Waals surface area contributed by atoms with Gasteiger partial charge in [0.1, 0.15) is 18.0 Å². The summed E-state index contributed by atoms with van der Waals surface area (Å²) in [5.41, 5.74) is 0.632. The highest BCUT2D eigenvalue weighted by Gasteiger charge is 2.38. The normalized spacial score (nSPS) is 23.3. The molecule has 0 aromatic heterocycles.